The molecule has 4 rings (SSSR count). The van der Waals surface area contributed by atoms with Gasteiger partial charge in [0.15, 0.2) is 0 Å². The van der Waals surface area contributed by atoms with Gasteiger partial charge in [-0.2, -0.15) is 0 Å². The average molecular weight is 814 g/mol. The molecule has 0 bridgehead atoms. The van der Waals surface area contributed by atoms with Crippen LogP contribution in [0.15, 0.2) is 84.2 Å². The fourth-order valence-electron chi connectivity index (χ4n) is 5.99. The summed E-state index contributed by atoms with van der Waals surface area (Å²) >= 11 is 1.86. The van der Waals surface area contributed by atoms with Crippen molar-refractivity contribution in [3.63, 3.8) is 0 Å². The molecule has 0 amide bonds. The lowest BCUT2D eigenvalue weighted by molar-refractivity contribution is 0.185. The van der Waals surface area contributed by atoms with Crippen molar-refractivity contribution < 1.29 is 9.05 Å². The number of nitrogens with zero attached hydrogens (tertiary/aromatic N) is 3. The van der Waals surface area contributed by atoms with Crippen molar-refractivity contribution in [1.82, 2.24) is 0 Å². The molecular weight excluding hydrogens is 739 g/mol. The molecule has 56 heavy (non-hydrogen) atoms. The third-order valence-electron chi connectivity index (χ3n) is 11.5. The first kappa shape index (κ1) is 45.8. The molecule has 3 aromatic carbocycles. The van der Waals surface area contributed by atoms with Gasteiger partial charge in [0, 0.05) is 21.9 Å². The Morgan fingerprint density at radius 3 is 1.25 bits per heavy atom. The largest absolute Gasteiger partial charge is 0.319 e. The van der Waals surface area contributed by atoms with E-state index in [4.69, 9.17) is 9.05 Å². The third kappa shape index (κ3) is 11.4. The number of hydrogen-bond acceptors (Lipinski definition) is 6. The van der Waals surface area contributed by atoms with Crippen LogP contribution < -0.4 is 15.0 Å². The van der Waals surface area contributed by atoms with Crippen LogP contribution in [0.1, 0.15) is 121 Å². The van der Waals surface area contributed by atoms with Crippen LogP contribution in [0.3, 0.4) is 0 Å². The second-order valence-electron chi connectivity index (χ2n) is 20.7. The number of hydroxylamine groups is 2. The summed E-state index contributed by atoms with van der Waals surface area (Å²) in [6.07, 6.45) is 6.33. The molecule has 0 aliphatic carbocycles. The number of thiophene rings is 1. The highest BCUT2D eigenvalue weighted by molar-refractivity contribution is 7.13. The van der Waals surface area contributed by atoms with E-state index >= 15 is 0 Å². The zero-order valence-corrected chi connectivity index (χ0v) is 41.0. The lowest BCUT2D eigenvalue weighted by atomic mass is 10.1. The average Bonchev–Trinajstić information content (AvgIpc) is 3.56. The van der Waals surface area contributed by atoms with Crippen molar-refractivity contribution in [1.29, 1.82) is 0 Å². The fraction of sp³-hybridized carbons (Fsp3) is 0.542. The number of unbranched alkanes of at least 4 members (excludes halogenated alkanes) is 3. The summed E-state index contributed by atoms with van der Waals surface area (Å²) in [5, 5.41) is 6.80. The Labute approximate surface area is 348 Å². The first-order valence-corrected chi connectivity index (χ1v) is 27.6. The summed E-state index contributed by atoms with van der Waals surface area (Å²) in [6.45, 7) is 38.7. The Bertz CT molecular complexity index is 1730. The van der Waals surface area contributed by atoms with Gasteiger partial charge < -0.3 is 14.0 Å². The first-order chi connectivity index (χ1) is 25.7. The van der Waals surface area contributed by atoms with Crippen molar-refractivity contribution in [3.8, 4) is 10.4 Å². The van der Waals surface area contributed by atoms with Gasteiger partial charge in [0.2, 0.25) is 16.6 Å². The van der Waals surface area contributed by atoms with Gasteiger partial charge in [-0.05, 0) is 174 Å². The molecule has 4 aromatic rings. The molecule has 0 fully saturated rings. The Morgan fingerprint density at radius 1 is 0.518 bits per heavy atom. The van der Waals surface area contributed by atoms with E-state index < -0.39 is 16.6 Å². The van der Waals surface area contributed by atoms with E-state index in [1.807, 2.05) is 11.3 Å². The molecule has 8 heteroatoms. The molecule has 0 radical (unpaired) electrons. The normalized spacial score (nSPS) is 13.2. The Kier molecular flexibility index (Phi) is 14.3. The van der Waals surface area contributed by atoms with E-state index in [0.717, 1.165) is 34.9 Å². The smallest absolute Gasteiger partial charge is 0.228 e. The van der Waals surface area contributed by atoms with Gasteiger partial charge in [0.1, 0.15) is 0 Å². The maximum absolute atomic E-state index is 6.98. The van der Waals surface area contributed by atoms with Crippen LogP contribution in [0.2, 0.25) is 36.3 Å². The molecule has 0 N–H and O–H groups in total. The summed E-state index contributed by atoms with van der Waals surface area (Å²) in [5.74, 6) is 0. The molecule has 0 spiro atoms. The summed E-state index contributed by atoms with van der Waals surface area (Å²) in [4.78, 5) is 3.69. The van der Waals surface area contributed by atoms with Gasteiger partial charge in [-0.3, -0.25) is 10.1 Å². The van der Waals surface area contributed by atoms with Crippen LogP contribution >= 0.6 is 11.3 Å². The molecule has 0 saturated carbocycles. The Morgan fingerprint density at radius 2 is 0.893 bits per heavy atom. The number of rotatable bonds is 15. The van der Waals surface area contributed by atoms with Gasteiger partial charge in [0.05, 0.1) is 22.5 Å². The number of benzene rings is 3. The Balaban J connectivity index is 1.75. The molecule has 0 aliphatic heterocycles. The highest BCUT2D eigenvalue weighted by Crippen LogP contribution is 2.43. The first-order valence-electron chi connectivity index (χ1n) is 20.9. The zero-order chi connectivity index (χ0) is 41.9. The van der Waals surface area contributed by atoms with Gasteiger partial charge >= 0.3 is 0 Å². The van der Waals surface area contributed by atoms with Crippen LogP contribution in [0.5, 0.6) is 0 Å². The molecule has 1 heterocycles. The van der Waals surface area contributed by atoms with Crippen molar-refractivity contribution in [2.24, 2.45) is 0 Å². The van der Waals surface area contributed by atoms with Gasteiger partial charge in [-0.1, -0.05) is 79.9 Å². The van der Waals surface area contributed by atoms with E-state index in [2.05, 4.69) is 215 Å². The highest BCUT2D eigenvalue weighted by atomic mass is 32.1. The Hall–Kier alpha value is -2.89. The fourth-order valence-corrected chi connectivity index (χ4v) is 9.17. The molecule has 0 aliphatic rings. The van der Waals surface area contributed by atoms with Gasteiger partial charge in [-0.25, -0.2) is 0 Å². The summed E-state index contributed by atoms with van der Waals surface area (Å²) in [7, 11) is -4.19. The third-order valence-corrected chi connectivity index (χ3v) is 21.1. The molecule has 0 unspecified atom stereocenters. The predicted octanol–water partition coefficient (Wildman–Crippen LogP) is 16.1. The van der Waals surface area contributed by atoms with Crippen LogP contribution in [0.4, 0.5) is 28.4 Å². The second-order valence-corrected chi connectivity index (χ2v) is 31.0. The maximum atomic E-state index is 6.98. The standard InChI is InChI=1S/C48H75N3O2SSi2/c1-18-19-20-21-22-37-35-44(54-36-37)38-23-25-39(26-24-38)49(40-27-31-42(32-28-40)50(45(2,3)4)52-55(14,15)47(8,9)10)41-29-33-43(34-30-41)51(46(5,6)7)53-56(16,17)48(11,12)13/h23-36H,18-22H2,1-17H3. The lowest BCUT2D eigenvalue weighted by Crippen LogP contribution is -2.52. The minimum absolute atomic E-state index is 0.0865. The zero-order valence-electron chi connectivity index (χ0n) is 38.2. The van der Waals surface area contributed by atoms with Crippen LogP contribution in [0.25, 0.3) is 10.4 Å². The number of hydrogen-bond donors (Lipinski definition) is 0. The molecule has 5 nitrogen and oxygen atoms in total. The number of anilines is 5. The second kappa shape index (κ2) is 17.5. The molecule has 0 saturated heterocycles. The van der Waals surface area contributed by atoms with Crippen molar-refractivity contribution in [2.75, 3.05) is 15.0 Å². The summed E-state index contributed by atoms with van der Waals surface area (Å²) in [6, 6.07) is 29.3. The molecule has 1 aromatic heterocycles. The quantitative estimate of drug-likeness (QED) is 0.0677. The molecule has 0 atom stereocenters. The minimum atomic E-state index is -2.09. The summed E-state index contributed by atoms with van der Waals surface area (Å²) in [5.41, 5.74) is 7.69. The van der Waals surface area contributed by atoms with Gasteiger partial charge in [-0.15, -0.1) is 11.3 Å². The van der Waals surface area contributed by atoms with E-state index in [1.54, 1.807) is 0 Å². The van der Waals surface area contributed by atoms with E-state index in [0.29, 0.717) is 0 Å². The molecule has 308 valence electrons. The highest BCUT2D eigenvalue weighted by Gasteiger charge is 2.43. The monoisotopic (exact) mass is 814 g/mol. The molecular formula is C48H75N3O2SSi2. The van der Waals surface area contributed by atoms with E-state index in [9.17, 15) is 0 Å². The topological polar surface area (TPSA) is 28.2 Å². The number of aryl methyl sites for hydroxylation is 1. The van der Waals surface area contributed by atoms with Crippen LogP contribution in [0, 0.1) is 0 Å². The van der Waals surface area contributed by atoms with E-state index in [1.165, 1.54) is 41.7 Å². The van der Waals surface area contributed by atoms with E-state index in [-0.39, 0.29) is 21.2 Å². The van der Waals surface area contributed by atoms with Crippen molar-refractivity contribution in [3.05, 3.63) is 89.8 Å². The van der Waals surface area contributed by atoms with Crippen molar-refractivity contribution >= 4 is 56.4 Å². The predicted molar refractivity (Wildman–Crippen MR) is 253 cm³/mol. The van der Waals surface area contributed by atoms with Crippen LogP contribution in [-0.2, 0) is 15.5 Å². The lowest BCUT2D eigenvalue weighted by Gasteiger charge is -2.46. The SMILES string of the molecule is CCCCCCc1csc(-c2ccc(N(c3ccc(N(O[Si](C)(C)C(C)(C)C)C(C)(C)C)cc3)c3ccc(N(O[Si](C)(C)C(C)(C)C)C(C)(C)C)cc3)cc2)c1. The van der Waals surface area contributed by atoms with Crippen molar-refractivity contribution in [2.45, 2.75) is 169 Å². The van der Waals surface area contributed by atoms with Crippen LogP contribution in [-0.4, -0.2) is 27.7 Å². The summed E-state index contributed by atoms with van der Waals surface area (Å²) < 4.78 is 14.0. The van der Waals surface area contributed by atoms with Gasteiger partial charge in [0.25, 0.3) is 0 Å². The maximum Gasteiger partial charge on any atom is 0.228 e. The minimum Gasteiger partial charge on any atom is -0.319 e.